The van der Waals surface area contributed by atoms with E-state index in [1.54, 1.807) is 12.1 Å². The second-order valence-corrected chi connectivity index (χ2v) is 5.79. The summed E-state index contributed by atoms with van der Waals surface area (Å²) in [5.74, 6) is 0.400. The lowest BCUT2D eigenvalue weighted by atomic mass is 10.1. The van der Waals surface area contributed by atoms with Crippen molar-refractivity contribution in [3.63, 3.8) is 0 Å². The number of nitrogens with zero attached hydrogens (tertiary/aromatic N) is 2. The molecule has 6 heteroatoms. The Bertz CT molecular complexity index is 607. The molecule has 23 heavy (non-hydrogen) atoms. The second-order valence-electron chi connectivity index (χ2n) is 5.35. The van der Waals surface area contributed by atoms with Crippen molar-refractivity contribution in [1.29, 1.82) is 0 Å². The number of benzene rings is 1. The fraction of sp³-hybridized carbons (Fsp3) is 0.412. The zero-order valence-corrected chi connectivity index (χ0v) is 13.7. The molecule has 0 saturated heterocycles. The summed E-state index contributed by atoms with van der Waals surface area (Å²) < 4.78 is 13.8. The number of nitrogens with one attached hydrogen (secondary N) is 1. The van der Waals surface area contributed by atoms with Gasteiger partial charge in [0.05, 0.1) is 6.20 Å². The summed E-state index contributed by atoms with van der Waals surface area (Å²) in [7, 11) is 0. The SMILES string of the molecule is OCCCCCCc1ncc(F)c(NCc2ccc(Cl)cc2)n1. The average Bonchev–Trinajstić information content (AvgIpc) is 2.56. The number of anilines is 1. The molecule has 0 fully saturated rings. The molecule has 0 radical (unpaired) electrons. The Hall–Kier alpha value is -1.72. The summed E-state index contributed by atoms with van der Waals surface area (Å²) in [5, 5.41) is 12.4. The van der Waals surface area contributed by atoms with Gasteiger partial charge in [0.2, 0.25) is 0 Å². The Morgan fingerprint density at radius 3 is 2.57 bits per heavy atom. The van der Waals surface area contributed by atoms with Crippen LogP contribution in [0.2, 0.25) is 5.02 Å². The molecule has 1 aromatic carbocycles. The van der Waals surface area contributed by atoms with E-state index in [0.717, 1.165) is 31.2 Å². The lowest BCUT2D eigenvalue weighted by Gasteiger charge is -2.08. The van der Waals surface area contributed by atoms with Gasteiger partial charge in [0.15, 0.2) is 11.6 Å². The van der Waals surface area contributed by atoms with Crippen molar-refractivity contribution >= 4 is 17.4 Å². The molecule has 2 aromatic rings. The average molecular weight is 338 g/mol. The van der Waals surface area contributed by atoms with Gasteiger partial charge in [-0.3, -0.25) is 0 Å². The molecule has 0 amide bonds. The van der Waals surface area contributed by atoms with Crippen LogP contribution in [-0.4, -0.2) is 21.7 Å². The van der Waals surface area contributed by atoms with Gasteiger partial charge in [0.1, 0.15) is 5.82 Å². The molecule has 4 nitrogen and oxygen atoms in total. The van der Waals surface area contributed by atoms with Gasteiger partial charge in [-0.25, -0.2) is 14.4 Å². The normalized spacial score (nSPS) is 10.7. The van der Waals surface area contributed by atoms with Crippen molar-refractivity contribution in [3.8, 4) is 0 Å². The summed E-state index contributed by atoms with van der Waals surface area (Å²) in [5.41, 5.74) is 0.998. The largest absolute Gasteiger partial charge is 0.396 e. The van der Waals surface area contributed by atoms with E-state index in [1.807, 2.05) is 12.1 Å². The van der Waals surface area contributed by atoms with Crippen molar-refractivity contribution in [2.24, 2.45) is 0 Å². The summed E-state index contributed by atoms with van der Waals surface area (Å²) in [6.45, 7) is 0.701. The molecule has 0 aliphatic heterocycles. The standard InChI is InChI=1S/C17H21ClFN3O/c18-14-8-6-13(7-9-14)11-21-17-15(19)12-20-16(22-17)5-3-1-2-4-10-23/h6-9,12,23H,1-5,10-11H2,(H,20,21,22). The number of rotatable bonds is 9. The number of hydrogen-bond donors (Lipinski definition) is 2. The molecule has 0 aliphatic carbocycles. The van der Waals surface area contributed by atoms with Crippen LogP contribution in [-0.2, 0) is 13.0 Å². The van der Waals surface area contributed by atoms with E-state index in [2.05, 4.69) is 15.3 Å². The van der Waals surface area contributed by atoms with Crippen LogP contribution in [0.25, 0.3) is 0 Å². The van der Waals surface area contributed by atoms with Crippen molar-refractivity contribution in [2.75, 3.05) is 11.9 Å². The second kappa shape index (κ2) is 9.43. The van der Waals surface area contributed by atoms with E-state index >= 15 is 0 Å². The number of hydrogen-bond acceptors (Lipinski definition) is 4. The lowest BCUT2D eigenvalue weighted by molar-refractivity contribution is 0.282. The van der Waals surface area contributed by atoms with Crippen molar-refractivity contribution in [2.45, 2.75) is 38.6 Å². The highest BCUT2D eigenvalue weighted by atomic mass is 35.5. The maximum Gasteiger partial charge on any atom is 0.183 e. The number of aliphatic hydroxyl groups excluding tert-OH is 1. The first-order chi connectivity index (χ1) is 11.2. The molecule has 124 valence electrons. The topological polar surface area (TPSA) is 58.0 Å². The van der Waals surface area contributed by atoms with Crippen LogP contribution in [0.15, 0.2) is 30.5 Å². The minimum Gasteiger partial charge on any atom is -0.396 e. The Kier molecular flexibility index (Phi) is 7.23. The van der Waals surface area contributed by atoms with E-state index in [9.17, 15) is 4.39 Å². The summed E-state index contributed by atoms with van der Waals surface area (Å²) in [6, 6.07) is 7.37. The molecule has 2 rings (SSSR count). The minimum atomic E-state index is -0.456. The van der Waals surface area contributed by atoms with E-state index in [-0.39, 0.29) is 12.4 Å². The molecule has 0 saturated carbocycles. The third kappa shape index (κ3) is 6.12. The molecule has 0 unspecified atom stereocenters. The number of unbranched alkanes of at least 4 members (excludes halogenated alkanes) is 3. The van der Waals surface area contributed by atoms with Crippen molar-refractivity contribution in [3.05, 3.63) is 52.7 Å². The van der Waals surface area contributed by atoms with Crippen LogP contribution in [0.1, 0.15) is 37.1 Å². The molecule has 0 bridgehead atoms. The lowest BCUT2D eigenvalue weighted by Crippen LogP contribution is -2.07. The first-order valence-electron chi connectivity index (χ1n) is 7.79. The molecule has 1 aromatic heterocycles. The molecule has 0 spiro atoms. The molecule has 0 aliphatic rings. The summed E-state index contributed by atoms with van der Waals surface area (Å²) in [4.78, 5) is 8.28. The predicted molar refractivity (Wildman–Crippen MR) is 90.0 cm³/mol. The Balaban J connectivity index is 1.88. The zero-order chi connectivity index (χ0) is 16.5. The van der Waals surface area contributed by atoms with Gasteiger partial charge < -0.3 is 10.4 Å². The highest BCUT2D eigenvalue weighted by Gasteiger charge is 2.07. The van der Waals surface area contributed by atoms with Gasteiger partial charge >= 0.3 is 0 Å². The van der Waals surface area contributed by atoms with Crippen LogP contribution in [0.5, 0.6) is 0 Å². The van der Waals surface area contributed by atoms with E-state index < -0.39 is 5.82 Å². The number of aromatic nitrogens is 2. The van der Waals surface area contributed by atoms with Crippen LogP contribution < -0.4 is 5.32 Å². The first-order valence-corrected chi connectivity index (χ1v) is 8.17. The predicted octanol–water partition coefficient (Wildman–Crippen LogP) is 3.98. The monoisotopic (exact) mass is 337 g/mol. The summed E-state index contributed by atoms with van der Waals surface area (Å²) in [6.07, 6.45) is 5.66. The maximum atomic E-state index is 13.8. The van der Waals surface area contributed by atoms with Gasteiger partial charge in [0, 0.05) is 24.6 Å². The van der Waals surface area contributed by atoms with Gasteiger partial charge in [-0.05, 0) is 30.5 Å². The molecule has 0 atom stereocenters. The number of halogens is 2. The summed E-state index contributed by atoms with van der Waals surface area (Å²) >= 11 is 5.84. The van der Waals surface area contributed by atoms with Crippen LogP contribution in [0, 0.1) is 5.82 Å². The van der Waals surface area contributed by atoms with Gasteiger partial charge in [-0.15, -0.1) is 0 Å². The molecular formula is C17H21ClFN3O. The molecule has 2 N–H and O–H groups in total. The van der Waals surface area contributed by atoms with Crippen LogP contribution >= 0.6 is 11.6 Å². The maximum absolute atomic E-state index is 13.8. The molecular weight excluding hydrogens is 317 g/mol. The van der Waals surface area contributed by atoms with Crippen molar-refractivity contribution in [1.82, 2.24) is 9.97 Å². The fourth-order valence-electron chi connectivity index (χ4n) is 2.18. The Morgan fingerprint density at radius 2 is 1.83 bits per heavy atom. The van der Waals surface area contributed by atoms with Crippen LogP contribution in [0.4, 0.5) is 10.2 Å². The Morgan fingerprint density at radius 1 is 1.09 bits per heavy atom. The third-order valence-electron chi connectivity index (χ3n) is 3.48. The highest BCUT2D eigenvalue weighted by Crippen LogP contribution is 2.14. The highest BCUT2D eigenvalue weighted by molar-refractivity contribution is 6.30. The molecule has 1 heterocycles. The van der Waals surface area contributed by atoms with E-state index in [0.29, 0.717) is 23.8 Å². The van der Waals surface area contributed by atoms with E-state index in [4.69, 9.17) is 16.7 Å². The smallest absolute Gasteiger partial charge is 0.183 e. The van der Waals surface area contributed by atoms with Crippen LogP contribution in [0.3, 0.4) is 0 Å². The Labute approximate surface area is 140 Å². The number of aliphatic hydroxyl groups is 1. The van der Waals surface area contributed by atoms with Gasteiger partial charge in [-0.1, -0.05) is 36.6 Å². The quantitative estimate of drug-likeness (QED) is 0.680. The van der Waals surface area contributed by atoms with Gasteiger partial charge in [0.25, 0.3) is 0 Å². The van der Waals surface area contributed by atoms with Crippen molar-refractivity contribution < 1.29 is 9.50 Å². The van der Waals surface area contributed by atoms with E-state index in [1.165, 1.54) is 6.20 Å². The number of aryl methyl sites for hydroxylation is 1. The minimum absolute atomic E-state index is 0.223. The first kappa shape index (κ1) is 17.6. The van der Waals surface area contributed by atoms with Gasteiger partial charge in [-0.2, -0.15) is 0 Å². The zero-order valence-electron chi connectivity index (χ0n) is 12.9. The third-order valence-corrected chi connectivity index (χ3v) is 3.73. The fourth-order valence-corrected chi connectivity index (χ4v) is 2.31.